The van der Waals surface area contributed by atoms with Gasteiger partial charge in [-0.1, -0.05) is 18.2 Å². The average Bonchev–Trinajstić information content (AvgIpc) is 2.75. The Labute approximate surface area is 202 Å². The molecule has 3 aromatic carbocycles. The van der Waals surface area contributed by atoms with Gasteiger partial charge in [0.25, 0.3) is 0 Å². The van der Waals surface area contributed by atoms with Crippen molar-refractivity contribution in [3.63, 3.8) is 0 Å². The molecule has 8 heteroatoms. The van der Waals surface area contributed by atoms with E-state index in [0.29, 0.717) is 33.8 Å². The third kappa shape index (κ3) is 5.32. The smallest absolute Gasteiger partial charge is 1.00 e. The van der Waals surface area contributed by atoms with E-state index >= 15 is 0 Å². The molecular formula is C23H17N4NaO3. The normalized spacial score (nSPS) is 9.90. The molecule has 0 unspecified atom stereocenters. The predicted octanol–water partition coefficient (Wildman–Crippen LogP) is 2.36. The van der Waals surface area contributed by atoms with Crippen LogP contribution >= 0.6 is 0 Å². The number of pyridine rings is 1. The van der Waals surface area contributed by atoms with Crippen molar-refractivity contribution in [1.82, 2.24) is 4.98 Å². The van der Waals surface area contributed by atoms with Crippen LogP contribution in [0, 0.1) is 11.3 Å². The molecule has 0 aliphatic heterocycles. The number of phenolic OH excluding ortho intramolecular Hbond substituents is 1. The summed E-state index contributed by atoms with van der Waals surface area (Å²) < 4.78 is 5.93. The second-order valence-electron chi connectivity index (χ2n) is 6.38. The zero-order valence-electron chi connectivity index (χ0n) is 17.7. The van der Waals surface area contributed by atoms with Gasteiger partial charge in [-0.2, -0.15) is 5.26 Å². The molecule has 1 aromatic heterocycles. The number of hydrogen-bond acceptors (Lipinski definition) is 5. The molecule has 2 amide bonds. The Morgan fingerprint density at radius 1 is 1.00 bits per heavy atom. The van der Waals surface area contributed by atoms with Crippen molar-refractivity contribution in [2.75, 3.05) is 10.6 Å². The van der Waals surface area contributed by atoms with Crippen LogP contribution in [-0.4, -0.2) is 16.1 Å². The molecule has 0 radical (unpaired) electrons. The first-order chi connectivity index (χ1) is 14.6. The van der Waals surface area contributed by atoms with E-state index in [1.807, 2.05) is 24.3 Å². The molecule has 0 spiro atoms. The van der Waals surface area contributed by atoms with Crippen LogP contribution in [0.1, 0.15) is 6.99 Å². The molecule has 0 aliphatic rings. The zero-order valence-corrected chi connectivity index (χ0v) is 18.7. The van der Waals surface area contributed by atoms with Gasteiger partial charge >= 0.3 is 35.6 Å². The number of rotatable bonds is 4. The molecular weight excluding hydrogens is 403 g/mol. The largest absolute Gasteiger partial charge is 1.00 e. The minimum absolute atomic E-state index is 0. The molecule has 31 heavy (non-hydrogen) atoms. The van der Waals surface area contributed by atoms with Gasteiger partial charge in [0.1, 0.15) is 23.3 Å². The van der Waals surface area contributed by atoms with E-state index in [4.69, 9.17) is 10.00 Å². The van der Waals surface area contributed by atoms with Crippen LogP contribution < -0.4 is 44.9 Å². The summed E-state index contributed by atoms with van der Waals surface area (Å²) in [6.45, 7) is 0. The molecule has 0 atom stereocenters. The summed E-state index contributed by atoms with van der Waals surface area (Å²) in [5, 5.41) is 25.1. The molecule has 0 saturated heterocycles. The number of nitrogens with zero attached hydrogens (tertiary/aromatic N) is 2. The van der Waals surface area contributed by atoms with E-state index in [0.717, 1.165) is 0 Å². The molecule has 0 saturated carbocycles. The van der Waals surface area contributed by atoms with Crippen LogP contribution in [0.5, 0.6) is 17.2 Å². The fraction of sp³-hybridized carbons (Fsp3) is 0. The van der Waals surface area contributed by atoms with Crippen LogP contribution in [0.25, 0.3) is 10.9 Å². The zero-order chi connectivity index (χ0) is 20.9. The van der Waals surface area contributed by atoms with Crippen LogP contribution in [-0.2, 0) is 0 Å². The minimum atomic E-state index is -0.348. The number of anilines is 2. The molecule has 1 heterocycles. The first-order valence-electron chi connectivity index (χ1n) is 9.05. The van der Waals surface area contributed by atoms with Crippen molar-refractivity contribution in [2.45, 2.75) is 0 Å². The van der Waals surface area contributed by atoms with Crippen LogP contribution in [0.4, 0.5) is 16.2 Å². The maximum atomic E-state index is 12.1. The van der Waals surface area contributed by atoms with E-state index in [9.17, 15) is 9.90 Å². The van der Waals surface area contributed by atoms with Crippen LogP contribution in [0.2, 0.25) is 0 Å². The number of hydrogen-bond donors (Lipinski definition) is 3. The number of phenols is 1. The predicted molar refractivity (Wildman–Crippen MR) is 115 cm³/mol. The molecule has 148 valence electrons. The Kier molecular flexibility index (Phi) is 7.11. The first-order valence-corrected chi connectivity index (χ1v) is 9.05. The Morgan fingerprint density at radius 3 is 2.35 bits per heavy atom. The van der Waals surface area contributed by atoms with Gasteiger partial charge in [0, 0.05) is 29.0 Å². The fourth-order valence-corrected chi connectivity index (χ4v) is 2.88. The quantitative estimate of drug-likeness (QED) is 0.440. The summed E-state index contributed by atoms with van der Waals surface area (Å²) in [6, 6.07) is 22.3. The molecule has 0 fully saturated rings. The van der Waals surface area contributed by atoms with Gasteiger partial charge in [-0.15, -0.1) is 0 Å². The Bertz CT molecular complexity index is 1260. The number of ether oxygens (including phenoxy) is 1. The van der Waals surface area contributed by atoms with Crippen molar-refractivity contribution < 1.29 is 45.6 Å². The first kappa shape index (κ1) is 22.1. The number of nitrogens with one attached hydrogen (secondary N) is 2. The number of urea groups is 1. The van der Waals surface area contributed by atoms with Gasteiger partial charge in [-0.3, -0.25) is 4.98 Å². The van der Waals surface area contributed by atoms with Crippen LogP contribution in [0.15, 0.2) is 79.0 Å². The van der Waals surface area contributed by atoms with Crippen molar-refractivity contribution >= 4 is 28.3 Å². The van der Waals surface area contributed by atoms with E-state index in [1.165, 1.54) is 12.1 Å². The second-order valence-corrected chi connectivity index (χ2v) is 6.38. The summed E-state index contributed by atoms with van der Waals surface area (Å²) in [5.41, 5.74) is 1.96. The van der Waals surface area contributed by atoms with Crippen molar-refractivity contribution in [1.29, 1.82) is 5.26 Å². The Hall–Kier alpha value is -3.57. The summed E-state index contributed by atoms with van der Waals surface area (Å²) in [5.74, 6) is 0.918. The van der Waals surface area contributed by atoms with Gasteiger partial charge in [-0.05, 0) is 48.5 Å². The van der Waals surface area contributed by atoms with Crippen molar-refractivity contribution in [3.8, 4) is 23.3 Å². The summed E-state index contributed by atoms with van der Waals surface area (Å²) in [6.07, 6.45) is 1.56. The van der Waals surface area contributed by atoms with E-state index in [-0.39, 0.29) is 48.3 Å². The maximum Gasteiger partial charge on any atom is 1.00 e. The van der Waals surface area contributed by atoms with Gasteiger partial charge in [0.15, 0.2) is 0 Å². The topological polar surface area (TPSA) is 107 Å². The molecule has 3 N–H and O–H groups in total. The minimum Gasteiger partial charge on any atom is -1.00 e. The molecule has 0 bridgehead atoms. The van der Waals surface area contributed by atoms with Gasteiger partial charge in [0.05, 0.1) is 11.1 Å². The Morgan fingerprint density at radius 2 is 1.68 bits per heavy atom. The molecule has 0 aliphatic carbocycles. The van der Waals surface area contributed by atoms with E-state index in [2.05, 4.69) is 15.6 Å². The average molecular weight is 420 g/mol. The number of aromatic nitrogens is 1. The molecule has 4 rings (SSSR count). The second kappa shape index (κ2) is 9.96. The number of fused-ring (bicyclic) bond motifs is 1. The summed E-state index contributed by atoms with van der Waals surface area (Å²) in [7, 11) is 0. The monoisotopic (exact) mass is 420 g/mol. The number of carbonyl (C=O) groups is 1. The number of aromatic hydroxyl groups is 1. The fourth-order valence-electron chi connectivity index (χ4n) is 2.88. The van der Waals surface area contributed by atoms with E-state index in [1.54, 1.807) is 48.7 Å². The van der Waals surface area contributed by atoms with Gasteiger partial charge in [-0.25, -0.2) is 4.79 Å². The van der Waals surface area contributed by atoms with E-state index < -0.39 is 0 Å². The number of benzene rings is 3. The third-order valence-corrected chi connectivity index (χ3v) is 4.31. The number of amides is 2. The molecule has 7 nitrogen and oxygen atoms in total. The number of para-hydroxylation sites is 1. The van der Waals surface area contributed by atoms with Gasteiger partial charge in [0.2, 0.25) is 0 Å². The standard InChI is InChI=1S/C23H16N4O3.Na.H/c24-14-15-12-19-20(13-21(15)28)25-11-10-22(19)30-18-8-6-17(7-9-18)27-23(29)26-16-4-2-1-3-5-16;;/h1-13,28H,(H2,26,27,29);;/q;+1;-1. The summed E-state index contributed by atoms with van der Waals surface area (Å²) >= 11 is 0. The third-order valence-electron chi connectivity index (χ3n) is 4.31. The maximum absolute atomic E-state index is 12.1. The van der Waals surface area contributed by atoms with Crippen LogP contribution in [0.3, 0.4) is 0 Å². The van der Waals surface area contributed by atoms with Gasteiger partial charge < -0.3 is 21.9 Å². The summed E-state index contributed by atoms with van der Waals surface area (Å²) in [4.78, 5) is 16.3. The van der Waals surface area contributed by atoms with Crippen molar-refractivity contribution in [3.05, 3.63) is 84.6 Å². The molecule has 4 aromatic rings. The SMILES string of the molecule is N#Cc1cc2c(Oc3ccc(NC(=O)Nc4ccccc4)cc3)ccnc2cc1O.[H-].[Na+]. The number of carbonyl (C=O) groups excluding carboxylic acids is 1. The Balaban J connectivity index is 0.00000181. The number of nitriles is 1. The van der Waals surface area contributed by atoms with Crippen molar-refractivity contribution in [2.24, 2.45) is 0 Å².